The molecule has 0 amide bonds. The summed E-state index contributed by atoms with van der Waals surface area (Å²) in [5.74, 6) is 0. The van der Waals surface area contributed by atoms with E-state index in [4.69, 9.17) is 0 Å². The highest BCUT2D eigenvalue weighted by Crippen LogP contribution is 2.32. The molecular weight excluding hydrogens is 270 g/mol. The third-order valence-corrected chi connectivity index (χ3v) is 4.21. The Kier molecular flexibility index (Phi) is 2.83. The molecule has 0 atom stereocenters. The van der Waals surface area contributed by atoms with Crippen molar-refractivity contribution in [3.63, 3.8) is 0 Å². The maximum absolute atomic E-state index is 12.4. The SMILES string of the molecule is Cc1c(=O)[nH]c(-c2ccccc2)c2ccc3ccccc3c12. The molecule has 1 aromatic heterocycles. The standard InChI is InChI=1S/C20H15NO/c1-13-18-16-10-6-5-7-14(16)11-12-17(18)19(21-20(13)22)15-8-3-2-4-9-15/h2-12H,1H3,(H,21,22). The number of fused-ring (bicyclic) bond motifs is 3. The van der Waals surface area contributed by atoms with Crippen molar-refractivity contribution >= 4 is 21.5 Å². The van der Waals surface area contributed by atoms with Gasteiger partial charge in [0.25, 0.3) is 5.56 Å². The van der Waals surface area contributed by atoms with E-state index in [0.29, 0.717) is 0 Å². The monoisotopic (exact) mass is 285 g/mol. The molecule has 0 bridgehead atoms. The first-order valence-corrected chi connectivity index (χ1v) is 7.35. The van der Waals surface area contributed by atoms with E-state index < -0.39 is 0 Å². The Hall–Kier alpha value is -2.87. The van der Waals surface area contributed by atoms with E-state index in [1.807, 2.05) is 49.4 Å². The van der Waals surface area contributed by atoms with Crippen molar-refractivity contribution in [1.29, 1.82) is 0 Å². The molecule has 0 aliphatic rings. The van der Waals surface area contributed by atoms with Gasteiger partial charge in [-0.3, -0.25) is 4.79 Å². The van der Waals surface area contributed by atoms with Crippen LogP contribution in [0.25, 0.3) is 32.8 Å². The molecule has 22 heavy (non-hydrogen) atoms. The fourth-order valence-electron chi connectivity index (χ4n) is 3.10. The van der Waals surface area contributed by atoms with Crippen LogP contribution in [0.3, 0.4) is 0 Å². The van der Waals surface area contributed by atoms with Crippen molar-refractivity contribution in [2.24, 2.45) is 0 Å². The summed E-state index contributed by atoms with van der Waals surface area (Å²) in [5.41, 5.74) is 2.66. The number of pyridine rings is 1. The molecule has 4 rings (SSSR count). The first kappa shape index (κ1) is 12.8. The number of hydrogen-bond acceptors (Lipinski definition) is 1. The highest BCUT2D eigenvalue weighted by molar-refractivity contribution is 6.12. The molecule has 106 valence electrons. The second-order valence-electron chi connectivity index (χ2n) is 5.53. The van der Waals surface area contributed by atoms with Crippen LogP contribution in [0.5, 0.6) is 0 Å². The van der Waals surface area contributed by atoms with Gasteiger partial charge in [0.1, 0.15) is 0 Å². The van der Waals surface area contributed by atoms with Gasteiger partial charge in [-0.1, -0.05) is 66.7 Å². The van der Waals surface area contributed by atoms with Crippen LogP contribution in [0.2, 0.25) is 0 Å². The number of H-pyrrole nitrogens is 1. The summed E-state index contributed by atoms with van der Waals surface area (Å²) < 4.78 is 0. The van der Waals surface area contributed by atoms with E-state index in [2.05, 4.69) is 29.2 Å². The summed E-state index contributed by atoms with van der Waals surface area (Å²) >= 11 is 0. The highest BCUT2D eigenvalue weighted by Gasteiger charge is 2.12. The van der Waals surface area contributed by atoms with Crippen LogP contribution in [-0.2, 0) is 0 Å². The molecule has 0 saturated heterocycles. The van der Waals surface area contributed by atoms with Gasteiger partial charge in [-0.05, 0) is 28.6 Å². The van der Waals surface area contributed by atoms with Crippen molar-refractivity contribution in [2.45, 2.75) is 6.92 Å². The third kappa shape index (κ3) is 1.85. The number of rotatable bonds is 1. The fourth-order valence-corrected chi connectivity index (χ4v) is 3.10. The van der Waals surface area contributed by atoms with Crippen molar-refractivity contribution in [2.75, 3.05) is 0 Å². The average Bonchev–Trinajstić information content (AvgIpc) is 2.58. The Morgan fingerprint density at radius 2 is 1.50 bits per heavy atom. The maximum atomic E-state index is 12.4. The number of nitrogens with one attached hydrogen (secondary N) is 1. The Balaban J connectivity index is 2.23. The van der Waals surface area contributed by atoms with E-state index in [9.17, 15) is 4.79 Å². The average molecular weight is 285 g/mol. The molecule has 2 heteroatoms. The Morgan fingerprint density at radius 1 is 0.773 bits per heavy atom. The van der Waals surface area contributed by atoms with Crippen molar-refractivity contribution in [3.05, 3.63) is 82.6 Å². The summed E-state index contributed by atoms with van der Waals surface area (Å²) in [7, 11) is 0. The third-order valence-electron chi connectivity index (χ3n) is 4.21. The molecule has 0 fully saturated rings. The zero-order valence-corrected chi connectivity index (χ0v) is 12.3. The van der Waals surface area contributed by atoms with Gasteiger partial charge in [-0.2, -0.15) is 0 Å². The number of aromatic nitrogens is 1. The molecule has 1 heterocycles. The molecule has 0 aliphatic heterocycles. The van der Waals surface area contributed by atoms with Crippen LogP contribution in [0.4, 0.5) is 0 Å². The number of hydrogen-bond donors (Lipinski definition) is 1. The number of aryl methyl sites for hydroxylation is 1. The van der Waals surface area contributed by atoms with Gasteiger partial charge in [0, 0.05) is 10.9 Å². The molecule has 0 unspecified atom stereocenters. The Labute approximate surface area is 128 Å². The summed E-state index contributed by atoms with van der Waals surface area (Å²) in [5, 5.41) is 4.41. The van der Waals surface area contributed by atoms with Gasteiger partial charge < -0.3 is 4.98 Å². The summed E-state index contributed by atoms with van der Waals surface area (Å²) in [4.78, 5) is 15.5. The second kappa shape index (κ2) is 4.85. The first-order valence-electron chi connectivity index (χ1n) is 7.35. The fraction of sp³-hybridized carbons (Fsp3) is 0.0500. The highest BCUT2D eigenvalue weighted by atomic mass is 16.1. The van der Waals surface area contributed by atoms with Gasteiger partial charge in [0.2, 0.25) is 0 Å². The predicted molar refractivity (Wildman–Crippen MR) is 92.2 cm³/mol. The molecule has 0 spiro atoms. The van der Waals surface area contributed by atoms with E-state index in [-0.39, 0.29) is 5.56 Å². The van der Waals surface area contributed by atoms with Crippen LogP contribution >= 0.6 is 0 Å². The van der Waals surface area contributed by atoms with Crippen molar-refractivity contribution in [1.82, 2.24) is 4.98 Å². The predicted octanol–water partition coefficient (Wildman–Crippen LogP) is 4.66. The molecule has 3 aromatic carbocycles. The van der Waals surface area contributed by atoms with Crippen LogP contribution in [0, 0.1) is 6.92 Å². The lowest BCUT2D eigenvalue weighted by Crippen LogP contribution is -2.11. The largest absolute Gasteiger partial charge is 0.321 e. The quantitative estimate of drug-likeness (QED) is 0.507. The molecular formula is C20H15NO. The minimum absolute atomic E-state index is 0.0253. The normalized spacial score (nSPS) is 11.1. The van der Waals surface area contributed by atoms with Gasteiger partial charge in [0.15, 0.2) is 0 Å². The summed E-state index contributed by atoms with van der Waals surface area (Å²) in [6.07, 6.45) is 0. The lowest BCUT2D eigenvalue weighted by molar-refractivity contribution is 1.22. The maximum Gasteiger partial charge on any atom is 0.251 e. The van der Waals surface area contributed by atoms with E-state index in [1.165, 1.54) is 0 Å². The van der Waals surface area contributed by atoms with E-state index in [0.717, 1.165) is 38.4 Å². The van der Waals surface area contributed by atoms with E-state index >= 15 is 0 Å². The second-order valence-corrected chi connectivity index (χ2v) is 5.53. The zero-order chi connectivity index (χ0) is 15.1. The van der Waals surface area contributed by atoms with Gasteiger partial charge in [-0.25, -0.2) is 0 Å². The summed E-state index contributed by atoms with van der Waals surface area (Å²) in [6.45, 7) is 1.89. The van der Waals surface area contributed by atoms with Gasteiger partial charge in [-0.15, -0.1) is 0 Å². The lowest BCUT2D eigenvalue weighted by atomic mass is 9.96. The molecule has 4 aromatic rings. The Morgan fingerprint density at radius 3 is 2.32 bits per heavy atom. The lowest BCUT2D eigenvalue weighted by Gasteiger charge is -2.11. The van der Waals surface area contributed by atoms with Crippen LogP contribution in [-0.4, -0.2) is 4.98 Å². The molecule has 2 nitrogen and oxygen atoms in total. The van der Waals surface area contributed by atoms with Crippen molar-refractivity contribution < 1.29 is 0 Å². The van der Waals surface area contributed by atoms with E-state index in [1.54, 1.807) is 0 Å². The molecule has 1 N–H and O–H groups in total. The Bertz CT molecular complexity index is 1050. The zero-order valence-electron chi connectivity index (χ0n) is 12.3. The minimum atomic E-state index is -0.0253. The minimum Gasteiger partial charge on any atom is -0.321 e. The van der Waals surface area contributed by atoms with Crippen LogP contribution in [0.15, 0.2) is 71.5 Å². The molecule has 0 aliphatic carbocycles. The molecule has 0 radical (unpaired) electrons. The van der Waals surface area contributed by atoms with Gasteiger partial charge >= 0.3 is 0 Å². The van der Waals surface area contributed by atoms with Gasteiger partial charge in [0.05, 0.1) is 5.69 Å². The van der Waals surface area contributed by atoms with Crippen LogP contribution in [0.1, 0.15) is 5.56 Å². The number of aromatic amines is 1. The first-order chi connectivity index (χ1) is 10.8. The van der Waals surface area contributed by atoms with Crippen molar-refractivity contribution in [3.8, 4) is 11.3 Å². The number of benzene rings is 3. The smallest absolute Gasteiger partial charge is 0.251 e. The summed E-state index contributed by atoms with van der Waals surface area (Å²) in [6, 6.07) is 22.4. The van der Waals surface area contributed by atoms with Crippen LogP contribution < -0.4 is 5.56 Å². The molecule has 0 saturated carbocycles. The topological polar surface area (TPSA) is 32.9 Å².